The van der Waals surface area contributed by atoms with Gasteiger partial charge in [-0.1, -0.05) is 72.8 Å². The molecule has 9 heteroatoms. The fraction of sp³-hybridized carbons (Fsp3) is 0.206. The summed E-state index contributed by atoms with van der Waals surface area (Å²) in [7, 11) is 0. The first-order valence-electron chi connectivity index (χ1n) is 14.2. The van der Waals surface area contributed by atoms with Crippen LogP contribution in [0.3, 0.4) is 0 Å². The van der Waals surface area contributed by atoms with Crippen molar-refractivity contribution in [3.8, 4) is 0 Å². The standard InChI is InChI=1S/C34H30N4O5/c39-30-15-14-29(32(41)37-30)38-33(42)27-13-12-23(16-28(27)34(38)43)19-35-18-21-8-10-22(11-9-21)20-36-31(40)17-25-6-3-5-24-4-1-2-7-26(24)25/h1-13,16,29,35H,14-15,17-20H2,(H,36,40)(H,37,39,41). The van der Waals surface area contributed by atoms with Gasteiger partial charge in [-0.05, 0) is 51.6 Å². The molecule has 1 saturated heterocycles. The van der Waals surface area contributed by atoms with E-state index in [2.05, 4.69) is 16.0 Å². The van der Waals surface area contributed by atoms with Crippen LogP contribution in [0.2, 0.25) is 0 Å². The maximum absolute atomic E-state index is 13.0. The molecule has 0 aromatic heterocycles. The lowest BCUT2D eigenvalue weighted by Crippen LogP contribution is -2.54. The van der Waals surface area contributed by atoms with Crippen LogP contribution in [0.4, 0.5) is 0 Å². The molecule has 43 heavy (non-hydrogen) atoms. The number of carbonyl (C=O) groups excluding carboxylic acids is 5. The number of piperidine rings is 1. The number of nitrogens with one attached hydrogen (secondary N) is 3. The Labute approximate surface area is 248 Å². The third-order valence-electron chi connectivity index (χ3n) is 7.91. The number of fused-ring (bicyclic) bond motifs is 2. The van der Waals surface area contributed by atoms with Crippen molar-refractivity contribution in [1.82, 2.24) is 20.9 Å². The summed E-state index contributed by atoms with van der Waals surface area (Å²) in [6, 6.07) is 26.1. The minimum atomic E-state index is -0.979. The van der Waals surface area contributed by atoms with E-state index in [1.54, 1.807) is 18.2 Å². The highest BCUT2D eigenvalue weighted by atomic mass is 16.2. The number of imide groups is 2. The molecule has 216 valence electrons. The number of amides is 5. The molecule has 9 nitrogen and oxygen atoms in total. The quantitative estimate of drug-likeness (QED) is 0.263. The summed E-state index contributed by atoms with van der Waals surface area (Å²) in [6.45, 7) is 1.49. The molecule has 1 atom stereocenters. The van der Waals surface area contributed by atoms with Gasteiger partial charge in [0.15, 0.2) is 0 Å². The van der Waals surface area contributed by atoms with Gasteiger partial charge in [0.1, 0.15) is 6.04 Å². The maximum Gasteiger partial charge on any atom is 0.262 e. The summed E-state index contributed by atoms with van der Waals surface area (Å²) in [5, 5.41) is 10.8. The van der Waals surface area contributed by atoms with Gasteiger partial charge in [0, 0.05) is 26.1 Å². The van der Waals surface area contributed by atoms with Gasteiger partial charge in [0.05, 0.1) is 17.5 Å². The smallest absolute Gasteiger partial charge is 0.262 e. The zero-order chi connectivity index (χ0) is 29.9. The van der Waals surface area contributed by atoms with Crippen molar-refractivity contribution in [3.05, 3.63) is 118 Å². The first kappa shape index (κ1) is 28.0. The second-order valence-electron chi connectivity index (χ2n) is 10.8. The van der Waals surface area contributed by atoms with E-state index in [1.807, 2.05) is 66.7 Å². The molecular weight excluding hydrogens is 544 g/mol. The summed E-state index contributed by atoms with van der Waals surface area (Å²) < 4.78 is 0. The summed E-state index contributed by atoms with van der Waals surface area (Å²) in [5.41, 5.74) is 4.41. The Bertz CT molecular complexity index is 1760. The molecule has 2 aliphatic rings. The molecule has 0 spiro atoms. The van der Waals surface area contributed by atoms with Gasteiger partial charge < -0.3 is 10.6 Å². The van der Waals surface area contributed by atoms with Crippen LogP contribution in [0.25, 0.3) is 10.8 Å². The number of rotatable bonds is 9. The minimum Gasteiger partial charge on any atom is -0.352 e. The summed E-state index contributed by atoms with van der Waals surface area (Å²) in [5.74, 6) is -2.09. The van der Waals surface area contributed by atoms with Gasteiger partial charge in [-0.25, -0.2) is 0 Å². The van der Waals surface area contributed by atoms with Gasteiger partial charge >= 0.3 is 0 Å². The Hall–Kier alpha value is -5.15. The predicted octanol–water partition coefficient (Wildman–Crippen LogP) is 3.39. The van der Waals surface area contributed by atoms with Crippen LogP contribution in [0.15, 0.2) is 84.9 Å². The van der Waals surface area contributed by atoms with E-state index >= 15 is 0 Å². The van der Waals surface area contributed by atoms with Crippen LogP contribution in [-0.2, 0) is 40.4 Å². The van der Waals surface area contributed by atoms with Crippen molar-refractivity contribution < 1.29 is 24.0 Å². The highest BCUT2D eigenvalue weighted by Gasteiger charge is 2.44. The van der Waals surface area contributed by atoms with E-state index in [-0.39, 0.29) is 29.9 Å². The average Bonchev–Trinajstić information content (AvgIpc) is 3.25. The highest BCUT2D eigenvalue weighted by molar-refractivity contribution is 6.23. The Morgan fingerprint density at radius 3 is 2.23 bits per heavy atom. The van der Waals surface area contributed by atoms with Crippen molar-refractivity contribution in [2.45, 2.75) is 44.9 Å². The van der Waals surface area contributed by atoms with Gasteiger partial charge in [-0.2, -0.15) is 0 Å². The first-order chi connectivity index (χ1) is 20.9. The number of hydrogen-bond acceptors (Lipinski definition) is 6. The normalized spacial score (nSPS) is 16.4. The molecule has 5 amide bonds. The van der Waals surface area contributed by atoms with Crippen LogP contribution < -0.4 is 16.0 Å². The van der Waals surface area contributed by atoms with Crippen molar-refractivity contribution in [2.24, 2.45) is 0 Å². The molecule has 4 aromatic rings. The van der Waals surface area contributed by atoms with Crippen LogP contribution in [-0.4, -0.2) is 40.5 Å². The van der Waals surface area contributed by atoms with Crippen LogP contribution in [0.1, 0.15) is 55.8 Å². The predicted molar refractivity (Wildman–Crippen MR) is 160 cm³/mol. The third-order valence-corrected chi connectivity index (χ3v) is 7.91. The van der Waals surface area contributed by atoms with Gasteiger partial charge in [-0.3, -0.25) is 34.2 Å². The molecule has 2 heterocycles. The second-order valence-corrected chi connectivity index (χ2v) is 10.8. The Kier molecular flexibility index (Phi) is 7.81. The second kappa shape index (κ2) is 12.0. The molecule has 0 aliphatic carbocycles. The van der Waals surface area contributed by atoms with Crippen molar-refractivity contribution in [1.29, 1.82) is 0 Å². The van der Waals surface area contributed by atoms with Crippen molar-refractivity contribution >= 4 is 40.3 Å². The van der Waals surface area contributed by atoms with Gasteiger partial charge in [0.25, 0.3) is 11.8 Å². The summed E-state index contributed by atoms with van der Waals surface area (Å²) in [4.78, 5) is 63.3. The molecule has 3 N–H and O–H groups in total. The van der Waals surface area contributed by atoms with Gasteiger partial charge in [0.2, 0.25) is 17.7 Å². The fourth-order valence-electron chi connectivity index (χ4n) is 5.64. The largest absolute Gasteiger partial charge is 0.352 e. The van der Waals surface area contributed by atoms with E-state index in [9.17, 15) is 24.0 Å². The lowest BCUT2D eigenvalue weighted by atomic mass is 10.0. The van der Waals surface area contributed by atoms with E-state index in [0.717, 1.165) is 37.9 Å². The Morgan fingerprint density at radius 2 is 1.44 bits per heavy atom. The van der Waals surface area contributed by atoms with E-state index in [0.29, 0.717) is 26.1 Å². The molecule has 2 aliphatic heterocycles. The average molecular weight is 575 g/mol. The lowest BCUT2D eigenvalue weighted by Gasteiger charge is -2.27. The Morgan fingerprint density at radius 1 is 0.767 bits per heavy atom. The molecule has 0 bridgehead atoms. The molecule has 1 unspecified atom stereocenters. The van der Waals surface area contributed by atoms with Crippen molar-refractivity contribution in [2.75, 3.05) is 0 Å². The zero-order valence-corrected chi connectivity index (χ0v) is 23.4. The van der Waals surface area contributed by atoms with Crippen LogP contribution in [0, 0.1) is 0 Å². The number of benzene rings is 4. The summed E-state index contributed by atoms with van der Waals surface area (Å²) >= 11 is 0. The van der Waals surface area contributed by atoms with Crippen LogP contribution in [0.5, 0.6) is 0 Å². The number of nitrogens with zero attached hydrogens (tertiary/aromatic N) is 1. The third kappa shape index (κ3) is 5.93. The fourth-order valence-corrected chi connectivity index (χ4v) is 5.64. The molecular formula is C34H30N4O5. The van der Waals surface area contributed by atoms with E-state index < -0.39 is 29.7 Å². The molecule has 4 aromatic carbocycles. The summed E-state index contributed by atoms with van der Waals surface area (Å²) in [6.07, 6.45) is 0.530. The van der Waals surface area contributed by atoms with Crippen LogP contribution >= 0.6 is 0 Å². The number of carbonyl (C=O) groups is 5. The topological polar surface area (TPSA) is 125 Å². The minimum absolute atomic E-state index is 0.0307. The van der Waals surface area contributed by atoms with E-state index in [1.165, 1.54) is 0 Å². The molecule has 0 radical (unpaired) electrons. The molecule has 6 rings (SSSR count). The highest BCUT2D eigenvalue weighted by Crippen LogP contribution is 2.28. The number of hydrogen-bond donors (Lipinski definition) is 3. The Balaban J connectivity index is 0.993. The molecule has 0 saturated carbocycles. The van der Waals surface area contributed by atoms with E-state index in [4.69, 9.17) is 0 Å². The van der Waals surface area contributed by atoms with Crippen molar-refractivity contribution in [3.63, 3.8) is 0 Å². The maximum atomic E-state index is 13.0. The lowest BCUT2D eigenvalue weighted by molar-refractivity contribution is -0.136. The van der Waals surface area contributed by atoms with Gasteiger partial charge in [-0.15, -0.1) is 0 Å². The monoisotopic (exact) mass is 574 g/mol. The zero-order valence-electron chi connectivity index (χ0n) is 23.4. The first-order valence-corrected chi connectivity index (χ1v) is 14.2. The molecule has 1 fully saturated rings. The SMILES string of the molecule is O=C(Cc1cccc2ccccc12)NCc1ccc(CNCc2ccc3c(c2)C(=O)N(C2CCC(=O)NC2=O)C3=O)cc1.